The Morgan fingerprint density at radius 2 is 1.86 bits per heavy atom. The first-order valence-corrected chi connectivity index (χ1v) is 12.5. The molecule has 0 bridgehead atoms. The number of H-pyrrole nitrogens is 2. The standard InChI is InChI=1S/C28H29N3O6/c1-6-7-17(32)21-13(2)29-24-18(33)10-20-28(22(21)24)11-15(28)12-31(20)27(34)16-8-14-9-19(35-3)25(36-4)26(37-5)23(14)30-16/h8-10,15,29-30H,6-7,11-12H2,1-5H3/t15-,28+/m1/s1. The summed E-state index contributed by atoms with van der Waals surface area (Å²) in [5, 5.41) is 0.738. The molecule has 1 aromatic carbocycles. The highest BCUT2D eigenvalue weighted by Crippen LogP contribution is 2.67. The van der Waals surface area contributed by atoms with Crippen LogP contribution in [0, 0.1) is 12.8 Å². The molecule has 9 nitrogen and oxygen atoms in total. The monoisotopic (exact) mass is 503 g/mol. The Hall–Kier alpha value is -4.01. The third kappa shape index (κ3) is 3.00. The van der Waals surface area contributed by atoms with Crippen molar-refractivity contribution in [3.63, 3.8) is 0 Å². The van der Waals surface area contributed by atoms with Gasteiger partial charge < -0.3 is 29.1 Å². The molecular formula is C28H29N3O6. The van der Waals surface area contributed by atoms with Gasteiger partial charge in [-0.15, -0.1) is 0 Å². The molecule has 2 aliphatic carbocycles. The molecule has 3 heterocycles. The second-order valence-corrected chi connectivity index (χ2v) is 10.0. The molecule has 3 aromatic rings. The Kier molecular flexibility index (Phi) is 5.05. The van der Waals surface area contributed by atoms with Crippen LogP contribution in [0.5, 0.6) is 17.2 Å². The molecule has 1 saturated heterocycles. The van der Waals surface area contributed by atoms with Crippen molar-refractivity contribution in [2.75, 3.05) is 27.9 Å². The second-order valence-electron chi connectivity index (χ2n) is 10.0. The predicted molar refractivity (Wildman–Crippen MR) is 136 cm³/mol. The third-order valence-electron chi connectivity index (χ3n) is 8.06. The number of carbonyl (C=O) groups excluding carboxylic acids is 3. The number of rotatable bonds is 7. The molecule has 2 aromatic heterocycles. The molecule has 0 unspecified atom stereocenters. The number of aromatic amines is 2. The Balaban J connectivity index is 1.42. The van der Waals surface area contributed by atoms with Gasteiger partial charge in [-0.05, 0) is 37.8 Å². The molecule has 2 atom stereocenters. The highest BCUT2D eigenvalue weighted by atomic mass is 16.5. The van der Waals surface area contributed by atoms with Crippen LogP contribution in [0.2, 0.25) is 0 Å². The number of fused-ring (bicyclic) bond motifs is 2. The number of benzene rings is 1. The Labute approximate surface area is 213 Å². The van der Waals surface area contributed by atoms with Crippen molar-refractivity contribution >= 4 is 28.4 Å². The smallest absolute Gasteiger partial charge is 0.274 e. The Bertz CT molecular complexity index is 1540. The fourth-order valence-electron chi connectivity index (χ4n) is 6.41. The number of hydrogen-bond donors (Lipinski definition) is 2. The minimum atomic E-state index is -0.474. The molecule has 1 amide bonds. The van der Waals surface area contributed by atoms with E-state index in [4.69, 9.17) is 14.2 Å². The predicted octanol–water partition coefficient (Wildman–Crippen LogP) is 4.31. The average Bonchev–Trinajstić information content (AvgIpc) is 3.16. The van der Waals surface area contributed by atoms with Gasteiger partial charge in [0, 0.05) is 52.4 Å². The fraction of sp³-hybridized carbons (Fsp3) is 0.393. The normalized spacial score (nSPS) is 21.3. The van der Waals surface area contributed by atoms with Gasteiger partial charge in [0.2, 0.25) is 11.5 Å². The number of nitrogens with zero attached hydrogens (tertiary/aromatic N) is 1. The van der Waals surface area contributed by atoms with Crippen LogP contribution in [0.15, 0.2) is 23.9 Å². The summed E-state index contributed by atoms with van der Waals surface area (Å²) in [6.45, 7) is 4.31. The van der Waals surface area contributed by atoms with Crippen LogP contribution in [0.1, 0.15) is 68.8 Å². The first-order valence-electron chi connectivity index (χ1n) is 12.5. The van der Waals surface area contributed by atoms with E-state index in [-0.39, 0.29) is 23.4 Å². The summed E-state index contributed by atoms with van der Waals surface area (Å²) in [5.41, 5.74) is 3.83. The highest BCUT2D eigenvalue weighted by molar-refractivity contribution is 6.13. The van der Waals surface area contributed by atoms with Gasteiger partial charge in [-0.1, -0.05) is 6.92 Å². The zero-order valence-corrected chi connectivity index (χ0v) is 21.5. The number of hydrogen-bond acceptors (Lipinski definition) is 6. The maximum atomic E-state index is 13.9. The van der Waals surface area contributed by atoms with Crippen LogP contribution in [0.3, 0.4) is 0 Å². The molecule has 2 fully saturated rings. The van der Waals surface area contributed by atoms with Gasteiger partial charge >= 0.3 is 0 Å². The van der Waals surface area contributed by atoms with Gasteiger partial charge in [0.05, 0.1) is 32.5 Å². The first-order chi connectivity index (χ1) is 17.8. The summed E-state index contributed by atoms with van der Waals surface area (Å²) in [6, 6.07) is 3.54. The van der Waals surface area contributed by atoms with Crippen molar-refractivity contribution in [2.24, 2.45) is 5.92 Å². The molecule has 9 heteroatoms. The van der Waals surface area contributed by atoms with Gasteiger partial charge in [0.1, 0.15) is 5.69 Å². The summed E-state index contributed by atoms with van der Waals surface area (Å²) in [4.78, 5) is 48.2. The van der Waals surface area contributed by atoms with E-state index < -0.39 is 5.41 Å². The van der Waals surface area contributed by atoms with Gasteiger partial charge in [-0.25, -0.2) is 0 Å². The average molecular weight is 504 g/mol. The van der Waals surface area contributed by atoms with Crippen LogP contribution in [-0.2, 0) is 5.41 Å². The largest absolute Gasteiger partial charge is 0.493 e. The number of nitrogens with one attached hydrogen (secondary N) is 2. The summed E-state index contributed by atoms with van der Waals surface area (Å²) in [6.07, 6.45) is 3.55. The Morgan fingerprint density at radius 3 is 2.54 bits per heavy atom. The van der Waals surface area contributed by atoms with E-state index in [1.807, 2.05) is 13.8 Å². The van der Waals surface area contributed by atoms with Crippen molar-refractivity contribution in [2.45, 2.75) is 38.5 Å². The SMILES string of the molecule is CCCC(=O)c1c(C)[nH]c2c1[C@@]13C[C@@H]1CN(C(=O)c1cc4cc(OC)c(OC)c(OC)c4[nH]1)C3=CC2=O. The second kappa shape index (κ2) is 7.99. The van der Waals surface area contributed by atoms with Crippen LogP contribution in [0.4, 0.5) is 0 Å². The van der Waals surface area contributed by atoms with Crippen LogP contribution in [-0.4, -0.2) is 60.2 Å². The lowest BCUT2D eigenvalue weighted by Gasteiger charge is -2.28. The lowest BCUT2D eigenvalue weighted by Crippen LogP contribution is -2.34. The molecule has 1 saturated carbocycles. The van der Waals surface area contributed by atoms with Gasteiger partial charge in [-0.2, -0.15) is 0 Å². The number of likely N-dealkylation sites (tertiary alicyclic amines) is 1. The van der Waals surface area contributed by atoms with Crippen LogP contribution in [0.25, 0.3) is 10.9 Å². The zero-order valence-electron chi connectivity index (χ0n) is 21.5. The lowest BCUT2D eigenvalue weighted by molar-refractivity contribution is 0.0806. The number of aryl methyl sites for hydroxylation is 1. The van der Waals surface area contributed by atoms with Gasteiger partial charge in [0.15, 0.2) is 17.3 Å². The lowest BCUT2D eigenvalue weighted by atomic mass is 9.81. The molecule has 37 heavy (non-hydrogen) atoms. The molecule has 1 spiro atoms. The van der Waals surface area contributed by atoms with E-state index in [2.05, 4.69) is 9.97 Å². The summed E-state index contributed by atoms with van der Waals surface area (Å²) in [5.74, 6) is 1.13. The van der Waals surface area contributed by atoms with E-state index in [1.165, 1.54) is 14.2 Å². The Morgan fingerprint density at radius 1 is 1.11 bits per heavy atom. The molecule has 3 aliphatic rings. The topological polar surface area (TPSA) is 114 Å². The van der Waals surface area contributed by atoms with Crippen LogP contribution >= 0.6 is 0 Å². The summed E-state index contributed by atoms with van der Waals surface area (Å²) in [7, 11) is 4.60. The minimum absolute atomic E-state index is 0.0435. The number of ether oxygens (including phenoxy) is 3. The fourth-order valence-corrected chi connectivity index (χ4v) is 6.41. The van der Waals surface area contributed by atoms with E-state index >= 15 is 0 Å². The van der Waals surface area contributed by atoms with Gasteiger partial charge in [0.25, 0.3) is 5.91 Å². The van der Waals surface area contributed by atoms with E-state index in [9.17, 15) is 14.4 Å². The number of ketones is 2. The molecule has 2 N–H and O–H groups in total. The molecule has 192 valence electrons. The molecular weight excluding hydrogens is 474 g/mol. The number of carbonyl (C=O) groups is 3. The first kappa shape index (κ1) is 23.4. The maximum Gasteiger partial charge on any atom is 0.274 e. The zero-order chi connectivity index (χ0) is 26.2. The number of methoxy groups -OCH3 is 3. The number of Topliss-reactive ketones (excluding diaryl/α,β-unsaturated/α-hetero) is 1. The number of piperidine rings is 1. The van der Waals surface area contributed by atoms with Crippen LogP contribution < -0.4 is 14.2 Å². The quantitative estimate of drug-likeness (QED) is 0.465. The van der Waals surface area contributed by atoms with E-state index in [0.717, 1.165) is 29.5 Å². The van der Waals surface area contributed by atoms with Crippen molar-refractivity contribution in [1.82, 2.24) is 14.9 Å². The number of allylic oxidation sites excluding steroid dienone is 2. The summed E-state index contributed by atoms with van der Waals surface area (Å²) >= 11 is 0. The van der Waals surface area contributed by atoms with Crippen molar-refractivity contribution < 1.29 is 28.6 Å². The van der Waals surface area contributed by atoms with Crippen molar-refractivity contribution in [1.29, 1.82) is 0 Å². The summed E-state index contributed by atoms with van der Waals surface area (Å²) < 4.78 is 16.5. The third-order valence-corrected chi connectivity index (χ3v) is 8.06. The number of amides is 1. The molecule has 6 rings (SSSR count). The molecule has 0 radical (unpaired) electrons. The minimum Gasteiger partial charge on any atom is -0.493 e. The van der Waals surface area contributed by atoms with Crippen molar-refractivity contribution in [3.8, 4) is 17.2 Å². The number of aromatic nitrogens is 2. The van der Waals surface area contributed by atoms with E-state index in [1.54, 1.807) is 30.2 Å². The maximum absolute atomic E-state index is 13.9. The highest BCUT2D eigenvalue weighted by Gasteiger charge is 2.68. The van der Waals surface area contributed by atoms with Gasteiger partial charge in [-0.3, -0.25) is 14.4 Å². The molecule has 1 aliphatic heterocycles. The van der Waals surface area contributed by atoms with Crippen molar-refractivity contribution in [3.05, 3.63) is 52.1 Å². The van der Waals surface area contributed by atoms with E-state index in [0.29, 0.717) is 58.4 Å².